The van der Waals surface area contributed by atoms with Crippen molar-refractivity contribution in [3.63, 3.8) is 0 Å². The van der Waals surface area contributed by atoms with E-state index in [0.717, 1.165) is 5.56 Å². The predicted octanol–water partition coefficient (Wildman–Crippen LogP) is 2.20. The number of carbonyl (C=O) groups is 1. The number of cyclic esters (lactones) is 1. The van der Waals surface area contributed by atoms with Crippen molar-refractivity contribution in [3.05, 3.63) is 35.6 Å². The van der Waals surface area contributed by atoms with Crippen LogP contribution in [0.2, 0.25) is 0 Å². The second-order valence-electron chi connectivity index (χ2n) is 3.07. The van der Waals surface area contributed by atoms with E-state index in [-0.39, 0.29) is 17.9 Å². The highest BCUT2D eigenvalue weighted by Gasteiger charge is 2.24. The Kier molecular flexibility index (Phi) is 2.00. The standard InChI is InChI=1S/C10H9FO2/c11-8-3-1-2-7(6-8)9-4-5-10(12)13-9/h1-3,6,9H,4-5H2. The van der Waals surface area contributed by atoms with E-state index in [9.17, 15) is 9.18 Å². The highest BCUT2D eigenvalue weighted by atomic mass is 19.1. The molecule has 0 aromatic heterocycles. The molecule has 1 aliphatic rings. The Morgan fingerprint density at radius 1 is 1.46 bits per heavy atom. The van der Waals surface area contributed by atoms with E-state index in [0.29, 0.717) is 12.8 Å². The lowest BCUT2D eigenvalue weighted by molar-refractivity contribution is -0.141. The van der Waals surface area contributed by atoms with Gasteiger partial charge in [0.1, 0.15) is 11.9 Å². The van der Waals surface area contributed by atoms with E-state index in [1.54, 1.807) is 12.1 Å². The maximum absolute atomic E-state index is 12.8. The Morgan fingerprint density at radius 3 is 2.92 bits per heavy atom. The average molecular weight is 180 g/mol. The highest BCUT2D eigenvalue weighted by molar-refractivity contribution is 5.71. The molecule has 0 amide bonds. The Bertz CT molecular complexity index is 335. The molecule has 68 valence electrons. The van der Waals surface area contributed by atoms with Gasteiger partial charge in [-0.05, 0) is 24.1 Å². The van der Waals surface area contributed by atoms with E-state index in [2.05, 4.69) is 0 Å². The molecule has 1 aromatic carbocycles. The third-order valence-corrected chi connectivity index (χ3v) is 2.10. The molecule has 0 N–H and O–H groups in total. The molecule has 0 saturated carbocycles. The molecule has 1 atom stereocenters. The zero-order valence-electron chi connectivity index (χ0n) is 7.00. The molecule has 13 heavy (non-hydrogen) atoms. The van der Waals surface area contributed by atoms with Gasteiger partial charge in [0.05, 0.1) is 0 Å². The first-order chi connectivity index (χ1) is 6.25. The normalized spacial score (nSPS) is 21.6. The zero-order chi connectivity index (χ0) is 9.26. The summed E-state index contributed by atoms with van der Waals surface area (Å²) in [4.78, 5) is 10.8. The maximum Gasteiger partial charge on any atom is 0.306 e. The lowest BCUT2D eigenvalue weighted by Crippen LogP contribution is -1.98. The number of benzene rings is 1. The lowest BCUT2D eigenvalue weighted by Gasteiger charge is -2.08. The minimum Gasteiger partial charge on any atom is -0.457 e. The number of ether oxygens (including phenoxy) is 1. The fraction of sp³-hybridized carbons (Fsp3) is 0.300. The van der Waals surface area contributed by atoms with Crippen LogP contribution in [0.25, 0.3) is 0 Å². The van der Waals surface area contributed by atoms with Gasteiger partial charge in [0.2, 0.25) is 0 Å². The fourth-order valence-electron chi connectivity index (χ4n) is 1.47. The van der Waals surface area contributed by atoms with E-state index in [1.165, 1.54) is 12.1 Å². The van der Waals surface area contributed by atoms with Gasteiger partial charge in [0.25, 0.3) is 0 Å². The molecule has 1 aliphatic heterocycles. The minimum absolute atomic E-state index is 0.200. The molecule has 1 aromatic rings. The number of halogens is 1. The fourth-order valence-corrected chi connectivity index (χ4v) is 1.47. The Hall–Kier alpha value is -1.38. The molecular weight excluding hydrogens is 171 g/mol. The molecule has 0 bridgehead atoms. The van der Waals surface area contributed by atoms with Gasteiger partial charge in [-0.25, -0.2) is 4.39 Å². The van der Waals surface area contributed by atoms with Crippen LogP contribution in [-0.4, -0.2) is 5.97 Å². The van der Waals surface area contributed by atoms with Gasteiger partial charge >= 0.3 is 5.97 Å². The molecule has 2 rings (SSSR count). The Morgan fingerprint density at radius 2 is 2.31 bits per heavy atom. The SMILES string of the molecule is O=C1CCC(c2cccc(F)c2)O1. The van der Waals surface area contributed by atoms with Crippen LogP contribution in [0.3, 0.4) is 0 Å². The average Bonchev–Trinajstić information content (AvgIpc) is 2.52. The van der Waals surface area contributed by atoms with Crippen LogP contribution in [-0.2, 0) is 9.53 Å². The summed E-state index contributed by atoms with van der Waals surface area (Å²) in [6.07, 6.45) is 0.840. The highest BCUT2D eigenvalue weighted by Crippen LogP contribution is 2.29. The van der Waals surface area contributed by atoms with Crippen LogP contribution in [0.4, 0.5) is 4.39 Å². The van der Waals surface area contributed by atoms with E-state index >= 15 is 0 Å². The largest absolute Gasteiger partial charge is 0.457 e. The number of hydrogen-bond donors (Lipinski definition) is 0. The van der Waals surface area contributed by atoms with Crippen LogP contribution in [0.15, 0.2) is 24.3 Å². The van der Waals surface area contributed by atoms with Crippen molar-refractivity contribution in [3.8, 4) is 0 Å². The van der Waals surface area contributed by atoms with Gasteiger partial charge in [0, 0.05) is 6.42 Å². The third kappa shape index (κ3) is 1.69. The molecule has 1 saturated heterocycles. The number of carbonyl (C=O) groups excluding carboxylic acids is 1. The lowest BCUT2D eigenvalue weighted by atomic mass is 10.1. The summed E-state index contributed by atoms with van der Waals surface area (Å²) < 4.78 is 17.8. The first-order valence-corrected chi connectivity index (χ1v) is 4.20. The molecule has 1 unspecified atom stereocenters. The van der Waals surface area contributed by atoms with Gasteiger partial charge in [-0.2, -0.15) is 0 Å². The summed E-state index contributed by atoms with van der Waals surface area (Å²) in [5.74, 6) is -0.491. The Labute approximate surface area is 75.3 Å². The summed E-state index contributed by atoms with van der Waals surface area (Å²) in [5.41, 5.74) is 0.742. The quantitative estimate of drug-likeness (QED) is 0.619. The number of rotatable bonds is 1. The van der Waals surface area contributed by atoms with Crippen LogP contribution in [0.1, 0.15) is 24.5 Å². The predicted molar refractivity (Wildman–Crippen MR) is 44.5 cm³/mol. The van der Waals surface area contributed by atoms with Crippen molar-refractivity contribution >= 4 is 5.97 Å². The first kappa shape index (κ1) is 8.23. The molecule has 3 heteroatoms. The summed E-state index contributed by atoms with van der Waals surface area (Å²) in [7, 11) is 0. The number of esters is 1. The maximum atomic E-state index is 12.8. The summed E-state index contributed by atoms with van der Waals surface area (Å²) in [6, 6.07) is 6.17. The number of hydrogen-bond acceptors (Lipinski definition) is 2. The van der Waals surface area contributed by atoms with E-state index < -0.39 is 0 Å². The zero-order valence-corrected chi connectivity index (χ0v) is 7.00. The van der Waals surface area contributed by atoms with Crippen molar-refractivity contribution in [2.24, 2.45) is 0 Å². The first-order valence-electron chi connectivity index (χ1n) is 4.20. The topological polar surface area (TPSA) is 26.3 Å². The summed E-state index contributed by atoms with van der Waals surface area (Å²) >= 11 is 0. The molecule has 2 nitrogen and oxygen atoms in total. The van der Waals surface area contributed by atoms with Crippen LogP contribution >= 0.6 is 0 Å². The minimum atomic E-state index is -0.291. The van der Waals surface area contributed by atoms with Crippen molar-refractivity contribution in [2.75, 3.05) is 0 Å². The van der Waals surface area contributed by atoms with Crippen LogP contribution in [0, 0.1) is 5.82 Å². The monoisotopic (exact) mass is 180 g/mol. The molecule has 1 fully saturated rings. The van der Waals surface area contributed by atoms with Crippen molar-refractivity contribution < 1.29 is 13.9 Å². The smallest absolute Gasteiger partial charge is 0.306 e. The van der Waals surface area contributed by atoms with Gasteiger partial charge in [-0.15, -0.1) is 0 Å². The van der Waals surface area contributed by atoms with E-state index in [4.69, 9.17) is 4.74 Å². The van der Waals surface area contributed by atoms with Gasteiger partial charge < -0.3 is 4.74 Å². The molecule has 0 aliphatic carbocycles. The van der Waals surface area contributed by atoms with Crippen molar-refractivity contribution in [1.82, 2.24) is 0 Å². The molecular formula is C10H9FO2. The molecule has 0 radical (unpaired) electrons. The van der Waals surface area contributed by atoms with Crippen LogP contribution < -0.4 is 0 Å². The second kappa shape index (κ2) is 3.17. The summed E-state index contributed by atoms with van der Waals surface area (Å²) in [6.45, 7) is 0. The van der Waals surface area contributed by atoms with Gasteiger partial charge in [-0.3, -0.25) is 4.79 Å². The third-order valence-electron chi connectivity index (χ3n) is 2.10. The van der Waals surface area contributed by atoms with Gasteiger partial charge in [-0.1, -0.05) is 12.1 Å². The van der Waals surface area contributed by atoms with Crippen molar-refractivity contribution in [2.45, 2.75) is 18.9 Å². The summed E-state index contributed by atoms with van der Waals surface area (Å²) in [5, 5.41) is 0. The van der Waals surface area contributed by atoms with Crippen LogP contribution in [0.5, 0.6) is 0 Å². The molecule has 1 heterocycles. The Balaban J connectivity index is 2.21. The second-order valence-corrected chi connectivity index (χ2v) is 3.07. The van der Waals surface area contributed by atoms with Gasteiger partial charge in [0.15, 0.2) is 0 Å². The molecule has 0 spiro atoms. The van der Waals surface area contributed by atoms with E-state index in [1.807, 2.05) is 0 Å². The van der Waals surface area contributed by atoms with Crippen molar-refractivity contribution in [1.29, 1.82) is 0 Å².